The number of nitrogens with zero attached hydrogens (tertiary/aromatic N) is 3. The molecular weight excluding hydrogens is 284 g/mol. The van der Waals surface area contributed by atoms with Gasteiger partial charge in [0.05, 0.1) is 11.4 Å². The lowest BCUT2D eigenvalue weighted by Crippen LogP contribution is -2.44. The molecule has 7 heteroatoms. The summed E-state index contributed by atoms with van der Waals surface area (Å²) in [5, 5.41) is 19.5. The number of hydrogen-bond donors (Lipinski definition) is 2. The van der Waals surface area contributed by atoms with Crippen molar-refractivity contribution in [3.8, 4) is 5.69 Å². The molecule has 2 aromatic rings. The number of carbonyl (C=O) groups is 2. The number of hydrogen-bond acceptors (Lipinski definition) is 4. The van der Waals surface area contributed by atoms with E-state index < -0.39 is 17.9 Å². The highest BCUT2D eigenvalue weighted by Gasteiger charge is 2.26. The molecule has 1 aromatic heterocycles. The number of benzene rings is 1. The van der Waals surface area contributed by atoms with E-state index >= 15 is 0 Å². The van der Waals surface area contributed by atoms with Gasteiger partial charge in [-0.05, 0) is 25.0 Å². The fourth-order valence-electron chi connectivity index (χ4n) is 2.08. The number of carboxylic acid groups (broad SMARTS) is 1. The van der Waals surface area contributed by atoms with Gasteiger partial charge in [0.25, 0.3) is 5.91 Å². The second-order valence-electron chi connectivity index (χ2n) is 5.30. The Morgan fingerprint density at radius 3 is 2.41 bits per heavy atom. The van der Waals surface area contributed by atoms with Crippen LogP contribution >= 0.6 is 0 Å². The second-order valence-corrected chi connectivity index (χ2v) is 5.30. The molecule has 0 saturated heterocycles. The van der Waals surface area contributed by atoms with E-state index in [1.807, 2.05) is 30.3 Å². The van der Waals surface area contributed by atoms with E-state index in [4.69, 9.17) is 5.11 Å². The van der Waals surface area contributed by atoms with Crippen molar-refractivity contribution in [1.29, 1.82) is 0 Å². The minimum atomic E-state index is -1.07. The Labute approximate surface area is 128 Å². The quantitative estimate of drug-likeness (QED) is 0.870. The number of carboxylic acids is 1. The van der Waals surface area contributed by atoms with E-state index in [0.29, 0.717) is 5.69 Å². The number of aromatic nitrogens is 3. The Balaban J connectivity index is 2.25. The van der Waals surface area contributed by atoms with Crippen LogP contribution in [0.3, 0.4) is 0 Å². The lowest BCUT2D eigenvalue weighted by atomic mass is 10.0. The maximum atomic E-state index is 12.2. The molecular formula is C15H18N4O3. The number of para-hydroxylation sites is 1. The second kappa shape index (κ2) is 6.38. The Bertz CT molecular complexity index is 679. The van der Waals surface area contributed by atoms with Gasteiger partial charge < -0.3 is 10.4 Å². The van der Waals surface area contributed by atoms with Gasteiger partial charge in [-0.1, -0.05) is 37.3 Å². The fraction of sp³-hybridized carbons (Fsp3) is 0.333. The molecule has 2 N–H and O–H groups in total. The highest BCUT2D eigenvalue weighted by Crippen LogP contribution is 2.12. The van der Waals surface area contributed by atoms with Gasteiger partial charge in [0.15, 0.2) is 5.69 Å². The van der Waals surface area contributed by atoms with Gasteiger partial charge in [-0.2, -0.15) is 0 Å². The molecule has 0 aliphatic carbocycles. The molecule has 0 saturated carbocycles. The number of carbonyl (C=O) groups excluding carboxylic acids is 1. The summed E-state index contributed by atoms with van der Waals surface area (Å²) >= 11 is 0. The first-order valence-corrected chi connectivity index (χ1v) is 6.93. The van der Waals surface area contributed by atoms with Crippen LogP contribution < -0.4 is 5.32 Å². The molecule has 22 heavy (non-hydrogen) atoms. The zero-order chi connectivity index (χ0) is 16.3. The Morgan fingerprint density at radius 2 is 1.86 bits per heavy atom. The monoisotopic (exact) mass is 302 g/mol. The Kier molecular flexibility index (Phi) is 4.55. The number of nitrogens with one attached hydrogen (secondary N) is 1. The predicted octanol–water partition coefficient (Wildman–Crippen LogP) is 1.41. The van der Waals surface area contributed by atoms with Gasteiger partial charge in [0.2, 0.25) is 0 Å². The smallest absolute Gasteiger partial charge is 0.326 e. The van der Waals surface area contributed by atoms with Gasteiger partial charge in [-0.25, -0.2) is 9.48 Å². The van der Waals surface area contributed by atoms with E-state index in [1.54, 1.807) is 25.5 Å². The van der Waals surface area contributed by atoms with Gasteiger partial charge in [-0.15, -0.1) is 5.10 Å². The molecule has 116 valence electrons. The van der Waals surface area contributed by atoms with Crippen LogP contribution in [0.1, 0.15) is 30.0 Å². The molecule has 1 heterocycles. The molecule has 0 aliphatic heterocycles. The molecule has 0 spiro atoms. The van der Waals surface area contributed by atoms with Crippen molar-refractivity contribution in [2.75, 3.05) is 0 Å². The summed E-state index contributed by atoms with van der Waals surface area (Å²) < 4.78 is 1.54. The van der Waals surface area contributed by atoms with Crippen molar-refractivity contribution in [1.82, 2.24) is 20.3 Å². The summed E-state index contributed by atoms with van der Waals surface area (Å²) in [6, 6.07) is 8.32. The van der Waals surface area contributed by atoms with Crippen molar-refractivity contribution in [3.63, 3.8) is 0 Å². The van der Waals surface area contributed by atoms with E-state index in [-0.39, 0.29) is 11.6 Å². The van der Waals surface area contributed by atoms with Crippen LogP contribution in [0.2, 0.25) is 0 Å². The van der Waals surface area contributed by atoms with Crippen molar-refractivity contribution < 1.29 is 14.7 Å². The summed E-state index contributed by atoms with van der Waals surface area (Å²) in [5.41, 5.74) is 1.46. The van der Waals surface area contributed by atoms with Crippen LogP contribution in [0.25, 0.3) is 5.69 Å². The minimum absolute atomic E-state index is 0.121. The van der Waals surface area contributed by atoms with Crippen LogP contribution in [0.15, 0.2) is 30.3 Å². The molecule has 1 amide bonds. The minimum Gasteiger partial charge on any atom is -0.480 e. The van der Waals surface area contributed by atoms with E-state index in [0.717, 1.165) is 5.69 Å². The third-order valence-electron chi connectivity index (χ3n) is 3.33. The highest BCUT2D eigenvalue weighted by atomic mass is 16.4. The van der Waals surface area contributed by atoms with Gasteiger partial charge >= 0.3 is 5.97 Å². The van der Waals surface area contributed by atoms with Crippen LogP contribution in [-0.2, 0) is 4.79 Å². The van der Waals surface area contributed by atoms with E-state index in [2.05, 4.69) is 15.6 Å². The normalized spacial score (nSPS) is 12.2. The van der Waals surface area contributed by atoms with Crippen LogP contribution in [0.4, 0.5) is 0 Å². The van der Waals surface area contributed by atoms with E-state index in [9.17, 15) is 9.59 Å². The fourth-order valence-corrected chi connectivity index (χ4v) is 2.08. The average Bonchev–Trinajstić information content (AvgIpc) is 2.86. The topological polar surface area (TPSA) is 97.1 Å². The van der Waals surface area contributed by atoms with Crippen LogP contribution in [0.5, 0.6) is 0 Å². The average molecular weight is 302 g/mol. The summed E-state index contributed by atoms with van der Waals surface area (Å²) in [5.74, 6) is -1.84. The molecule has 0 aliphatic rings. The molecule has 1 aromatic carbocycles. The first-order chi connectivity index (χ1) is 10.4. The molecule has 0 bridgehead atoms. The lowest BCUT2D eigenvalue weighted by molar-refractivity contribution is -0.140. The third-order valence-corrected chi connectivity index (χ3v) is 3.33. The predicted molar refractivity (Wildman–Crippen MR) is 79.8 cm³/mol. The van der Waals surface area contributed by atoms with Gasteiger partial charge in [-0.3, -0.25) is 4.79 Å². The number of aliphatic carboxylic acids is 1. The van der Waals surface area contributed by atoms with Crippen molar-refractivity contribution in [2.24, 2.45) is 5.92 Å². The summed E-state index contributed by atoms with van der Waals surface area (Å²) in [4.78, 5) is 23.4. The van der Waals surface area contributed by atoms with Crippen LogP contribution in [-0.4, -0.2) is 38.0 Å². The first-order valence-electron chi connectivity index (χ1n) is 6.93. The summed E-state index contributed by atoms with van der Waals surface area (Å²) in [7, 11) is 0. The number of rotatable bonds is 5. The molecule has 0 fully saturated rings. The first kappa shape index (κ1) is 15.7. The van der Waals surface area contributed by atoms with Crippen LogP contribution in [0, 0.1) is 12.8 Å². The van der Waals surface area contributed by atoms with Crippen molar-refractivity contribution in [3.05, 3.63) is 41.7 Å². The van der Waals surface area contributed by atoms with E-state index in [1.165, 1.54) is 0 Å². The molecule has 2 rings (SSSR count). The lowest BCUT2D eigenvalue weighted by Gasteiger charge is -2.17. The zero-order valence-electron chi connectivity index (χ0n) is 12.6. The maximum absolute atomic E-state index is 12.2. The highest BCUT2D eigenvalue weighted by molar-refractivity contribution is 5.95. The van der Waals surface area contributed by atoms with Crippen molar-refractivity contribution in [2.45, 2.75) is 26.8 Å². The zero-order valence-corrected chi connectivity index (χ0v) is 12.6. The van der Waals surface area contributed by atoms with Crippen molar-refractivity contribution >= 4 is 11.9 Å². The van der Waals surface area contributed by atoms with Gasteiger partial charge in [0, 0.05) is 0 Å². The summed E-state index contributed by atoms with van der Waals surface area (Å²) in [6.07, 6.45) is 0. The third kappa shape index (κ3) is 3.13. The summed E-state index contributed by atoms with van der Waals surface area (Å²) in [6.45, 7) is 5.17. The standard InChI is InChI=1S/C15H18N4O3/c1-9(2)12(15(21)22)16-14(20)13-10(3)19(18-17-13)11-7-5-4-6-8-11/h4-9,12H,1-3H3,(H,16,20)(H,21,22). The molecule has 1 unspecified atom stereocenters. The largest absolute Gasteiger partial charge is 0.480 e. The molecule has 7 nitrogen and oxygen atoms in total. The Morgan fingerprint density at radius 1 is 1.23 bits per heavy atom. The SMILES string of the molecule is Cc1c(C(=O)NC(C(=O)O)C(C)C)nnn1-c1ccccc1. The molecule has 0 radical (unpaired) electrons. The molecule has 1 atom stereocenters. The Hall–Kier alpha value is -2.70. The maximum Gasteiger partial charge on any atom is 0.326 e. The van der Waals surface area contributed by atoms with Gasteiger partial charge in [0.1, 0.15) is 6.04 Å². The number of amides is 1.